The number of carbonyl (C=O) groups is 1. The van der Waals surface area contributed by atoms with Gasteiger partial charge in [-0.05, 0) is 60.7 Å². The largest absolute Gasteiger partial charge is 0.323 e. The van der Waals surface area contributed by atoms with Gasteiger partial charge in [0.05, 0.1) is 11.4 Å². The van der Waals surface area contributed by atoms with Crippen molar-refractivity contribution in [1.82, 2.24) is 9.55 Å². The Hall–Kier alpha value is -5.49. The van der Waals surface area contributed by atoms with Gasteiger partial charge in [-0.3, -0.25) is 4.57 Å². The third-order valence-corrected chi connectivity index (χ3v) is 6.49. The fourth-order valence-corrected chi connectivity index (χ4v) is 4.63. The molecule has 1 aromatic heterocycles. The minimum absolute atomic E-state index is 0.308. The van der Waals surface area contributed by atoms with Crippen molar-refractivity contribution in [3.05, 3.63) is 145 Å². The quantitative estimate of drug-likeness (QED) is 0.229. The standard InChI is InChI=1S/C34H25FN4O/c35-27-18-16-26(17-19-27)33-38-31(24-10-4-1-5-11-24)32(25-12-6-2-7-13-25)39(33)30-22-20-29(21-23-30)37-34(40)36-28-14-8-3-9-15-28/h1-23H,(H2,36,37,40). The van der Waals surface area contributed by atoms with Gasteiger partial charge in [0.15, 0.2) is 0 Å². The molecule has 6 aromatic rings. The van der Waals surface area contributed by atoms with E-state index in [4.69, 9.17) is 4.98 Å². The van der Waals surface area contributed by atoms with E-state index in [1.807, 2.05) is 103 Å². The highest BCUT2D eigenvalue weighted by Gasteiger charge is 2.22. The molecule has 0 fully saturated rings. The summed E-state index contributed by atoms with van der Waals surface area (Å²) < 4.78 is 15.9. The SMILES string of the molecule is O=C(Nc1ccccc1)Nc1ccc(-n2c(-c3ccc(F)cc3)nc(-c3ccccc3)c2-c2ccccc2)cc1. The van der Waals surface area contributed by atoms with Crippen LogP contribution in [0.3, 0.4) is 0 Å². The summed E-state index contributed by atoms with van der Waals surface area (Å²) in [4.78, 5) is 17.6. The molecule has 6 heteroatoms. The number of rotatable bonds is 6. The van der Waals surface area contributed by atoms with Gasteiger partial charge in [-0.15, -0.1) is 0 Å². The van der Waals surface area contributed by atoms with E-state index in [-0.39, 0.29) is 11.8 Å². The Labute approximate surface area is 231 Å². The summed E-state index contributed by atoms with van der Waals surface area (Å²) >= 11 is 0. The molecule has 0 aliphatic heterocycles. The topological polar surface area (TPSA) is 59.0 Å². The average Bonchev–Trinajstić information content (AvgIpc) is 3.40. The number of hydrogen-bond acceptors (Lipinski definition) is 2. The van der Waals surface area contributed by atoms with E-state index >= 15 is 0 Å². The molecule has 0 aliphatic rings. The van der Waals surface area contributed by atoms with Crippen LogP contribution in [0.4, 0.5) is 20.6 Å². The molecule has 194 valence electrons. The zero-order chi connectivity index (χ0) is 27.3. The van der Waals surface area contributed by atoms with Crippen LogP contribution in [0.25, 0.3) is 39.6 Å². The van der Waals surface area contributed by atoms with E-state index in [9.17, 15) is 9.18 Å². The van der Waals surface area contributed by atoms with Crippen LogP contribution < -0.4 is 10.6 Å². The van der Waals surface area contributed by atoms with Gasteiger partial charge in [0.1, 0.15) is 11.6 Å². The van der Waals surface area contributed by atoms with Crippen LogP contribution in [-0.2, 0) is 0 Å². The van der Waals surface area contributed by atoms with Gasteiger partial charge < -0.3 is 10.6 Å². The second kappa shape index (κ2) is 11.1. The summed E-state index contributed by atoms with van der Waals surface area (Å²) in [6.07, 6.45) is 0. The van der Waals surface area contributed by atoms with E-state index in [1.165, 1.54) is 12.1 Å². The molecule has 0 atom stereocenters. The fourth-order valence-electron chi connectivity index (χ4n) is 4.63. The number of halogens is 1. The second-order valence-corrected chi connectivity index (χ2v) is 9.20. The molecule has 1 heterocycles. The van der Waals surface area contributed by atoms with Gasteiger partial charge in [-0.1, -0.05) is 78.9 Å². The Morgan fingerprint density at radius 2 is 1.10 bits per heavy atom. The van der Waals surface area contributed by atoms with Crippen LogP contribution in [0, 0.1) is 5.82 Å². The number of aromatic nitrogens is 2. The Balaban J connectivity index is 1.45. The first-order valence-corrected chi connectivity index (χ1v) is 12.9. The highest BCUT2D eigenvalue weighted by atomic mass is 19.1. The van der Waals surface area contributed by atoms with E-state index < -0.39 is 0 Å². The number of benzene rings is 5. The number of nitrogens with zero attached hydrogens (tertiary/aromatic N) is 2. The zero-order valence-electron chi connectivity index (χ0n) is 21.5. The maximum atomic E-state index is 13.9. The molecule has 5 aromatic carbocycles. The highest BCUT2D eigenvalue weighted by molar-refractivity contribution is 5.99. The van der Waals surface area contributed by atoms with Gasteiger partial charge in [-0.25, -0.2) is 14.2 Å². The average molecular weight is 525 g/mol. The molecule has 6 rings (SSSR count). The lowest BCUT2D eigenvalue weighted by molar-refractivity contribution is 0.262. The lowest BCUT2D eigenvalue weighted by Gasteiger charge is -2.15. The van der Waals surface area contributed by atoms with Gasteiger partial charge in [0.25, 0.3) is 0 Å². The van der Waals surface area contributed by atoms with Gasteiger partial charge in [0.2, 0.25) is 0 Å². The molecule has 0 spiro atoms. The first kappa shape index (κ1) is 24.8. The van der Waals surface area contributed by atoms with Crippen molar-refractivity contribution >= 4 is 17.4 Å². The van der Waals surface area contributed by atoms with Crippen LogP contribution in [0.2, 0.25) is 0 Å². The number of anilines is 2. The first-order chi connectivity index (χ1) is 19.7. The summed E-state index contributed by atoms with van der Waals surface area (Å²) in [7, 11) is 0. The summed E-state index contributed by atoms with van der Waals surface area (Å²) in [5.74, 6) is 0.373. The number of urea groups is 1. The Morgan fingerprint density at radius 1 is 0.575 bits per heavy atom. The van der Waals surface area contributed by atoms with E-state index in [2.05, 4.69) is 27.3 Å². The number of amides is 2. The van der Waals surface area contributed by atoms with Crippen LogP contribution in [0.5, 0.6) is 0 Å². The summed E-state index contributed by atoms with van der Waals surface area (Å²) in [6.45, 7) is 0. The molecule has 40 heavy (non-hydrogen) atoms. The van der Waals surface area contributed by atoms with Crippen LogP contribution in [0.1, 0.15) is 0 Å². The zero-order valence-corrected chi connectivity index (χ0v) is 21.5. The molecular weight excluding hydrogens is 499 g/mol. The molecule has 0 saturated carbocycles. The normalized spacial score (nSPS) is 10.7. The molecule has 5 nitrogen and oxygen atoms in total. The Bertz CT molecular complexity index is 1730. The van der Waals surface area contributed by atoms with Gasteiger partial charge >= 0.3 is 6.03 Å². The number of imidazole rings is 1. The third-order valence-electron chi connectivity index (χ3n) is 6.49. The maximum absolute atomic E-state index is 13.9. The molecular formula is C34H25FN4O. The van der Waals surface area contributed by atoms with Crippen molar-refractivity contribution in [3.63, 3.8) is 0 Å². The second-order valence-electron chi connectivity index (χ2n) is 9.20. The van der Waals surface area contributed by atoms with Gasteiger partial charge in [-0.2, -0.15) is 0 Å². The van der Waals surface area contributed by atoms with Crippen molar-refractivity contribution in [2.24, 2.45) is 0 Å². The van der Waals surface area contributed by atoms with Crippen molar-refractivity contribution in [3.8, 4) is 39.6 Å². The van der Waals surface area contributed by atoms with Gasteiger partial charge in [0, 0.05) is 33.8 Å². The lowest BCUT2D eigenvalue weighted by atomic mass is 10.0. The first-order valence-electron chi connectivity index (χ1n) is 12.9. The fraction of sp³-hybridized carbons (Fsp3) is 0. The molecule has 2 N–H and O–H groups in total. The van der Waals surface area contributed by atoms with Crippen molar-refractivity contribution in [1.29, 1.82) is 0 Å². The van der Waals surface area contributed by atoms with E-state index in [0.717, 1.165) is 33.8 Å². The maximum Gasteiger partial charge on any atom is 0.323 e. The van der Waals surface area contributed by atoms with E-state index in [0.29, 0.717) is 17.2 Å². The summed E-state index contributed by atoms with van der Waals surface area (Å²) in [5, 5.41) is 5.71. The third kappa shape index (κ3) is 5.24. The van der Waals surface area contributed by atoms with E-state index in [1.54, 1.807) is 12.1 Å². The molecule has 2 amide bonds. The predicted octanol–water partition coefficient (Wildman–Crippen LogP) is 8.66. The smallest absolute Gasteiger partial charge is 0.308 e. The minimum atomic E-state index is -0.329. The monoisotopic (exact) mass is 524 g/mol. The van der Waals surface area contributed by atoms with Crippen molar-refractivity contribution in [2.75, 3.05) is 10.6 Å². The lowest BCUT2D eigenvalue weighted by Crippen LogP contribution is -2.19. The molecule has 0 bridgehead atoms. The molecule has 0 aliphatic carbocycles. The van der Waals surface area contributed by atoms with Crippen molar-refractivity contribution < 1.29 is 9.18 Å². The highest BCUT2D eigenvalue weighted by Crippen LogP contribution is 2.38. The summed E-state index contributed by atoms with van der Waals surface area (Å²) in [6, 6.07) is 43.0. The van der Waals surface area contributed by atoms with Crippen molar-refractivity contribution in [2.45, 2.75) is 0 Å². The Morgan fingerprint density at radius 3 is 1.70 bits per heavy atom. The Kier molecular flexibility index (Phi) is 6.88. The minimum Gasteiger partial charge on any atom is -0.308 e. The number of hydrogen-bond donors (Lipinski definition) is 2. The van der Waals surface area contributed by atoms with Crippen LogP contribution >= 0.6 is 0 Å². The number of carbonyl (C=O) groups excluding carboxylic acids is 1. The molecule has 0 radical (unpaired) electrons. The predicted molar refractivity (Wildman–Crippen MR) is 159 cm³/mol. The molecule has 0 saturated heterocycles. The molecule has 0 unspecified atom stereocenters. The number of nitrogens with one attached hydrogen (secondary N) is 2. The number of para-hydroxylation sites is 1. The summed E-state index contributed by atoms with van der Waals surface area (Å²) in [5.41, 5.74) is 6.67. The van der Waals surface area contributed by atoms with Crippen LogP contribution in [-0.4, -0.2) is 15.6 Å². The van der Waals surface area contributed by atoms with Crippen LogP contribution in [0.15, 0.2) is 140 Å².